The smallest absolute Gasteiger partial charge is 0.444 e. The molecule has 27 heavy (non-hydrogen) atoms. The molecule has 3 N–H and O–H groups in total. The Bertz CT molecular complexity index is 1130. The van der Waals surface area contributed by atoms with E-state index in [1.807, 2.05) is 37.3 Å². The highest BCUT2D eigenvalue weighted by Crippen LogP contribution is 2.23. The molecule has 2 heterocycles. The second-order valence-electron chi connectivity index (χ2n) is 6.32. The van der Waals surface area contributed by atoms with E-state index in [1.165, 1.54) is 0 Å². The van der Waals surface area contributed by atoms with Gasteiger partial charge in [-0.25, -0.2) is 4.98 Å². The van der Waals surface area contributed by atoms with Crippen molar-refractivity contribution in [3.63, 3.8) is 0 Å². The van der Waals surface area contributed by atoms with E-state index in [4.69, 9.17) is 4.74 Å². The molecule has 1 atom stereocenters. The number of ether oxygens (including phenoxy) is 1. The number of aliphatic hydroxyl groups is 1. The summed E-state index contributed by atoms with van der Waals surface area (Å²) in [6.07, 6.45) is -1.22. The lowest BCUT2D eigenvalue weighted by Gasteiger charge is -2.14. The first-order valence-corrected chi connectivity index (χ1v) is 8.49. The topological polar surface area (TPSA) is 95.7 Å². The van der Waals surface area contributed by atoms with Crippen LogP contribution in [-0.4, -0.2) is 32.2 Å². The highest BCUT2D eigenvalue weighted by atomic mass is 16.6. The van der Waals surface area contributed by atoms with Crippen molar-refractivity contribution in [2.24, 2.45) is 0 Å². The number of fused-ring (bicyclic) bond motifs is 2. The Kier molecular flexibility index (Phi) is 4.49. The normalized spacial score (nSPS) is 12.3. The molecule has 0 bridgehead atoms. The summed E-state index contributed by atoms with van der Waals surface area (Å²) in [6.45, 7) is 1.92. The van der Waals surface area contributed by atoms with Gasteiger partial charge in [-0.1, -0.05) is 30.3 Å². The fourth-order valence-corrected chi connectivity index (χ4v) is 3.01. The molecule has 4 aromatic rings. The molecule has 0 amide bonds. The Balaban J connectivity index is 1.65. The van der Waals surface area contributed by atoms with Crippen molar-refractivity contribution in [1.29, 1.82) is 0 Å². The van der Waals surface area contributed by atoms with Gasteiger partial charge < -0.3 is 19.9 Å². The van der Waals surface area contributed by atoms with Gasteiger partial charge in [0.25, 0.3) is 0 Å². The zero-order chi connectivity index (χ0) is 19.0. The zero-order valence-corrected chi connectivity index (χ0v) is 14.6. The molecule has 6 nitrogen and oxygen atoms in total. The summed E-state index contributed by atoms with van der Waals surface area (Å²) in [4.78, 5) is 8.76. The van der Waals surface area contributed by atoms with Gasteiger partial charge in [0, 0.05) is 33.6 Å². The summed E-state index contributed by atoms with van der Waals surface area (Å²) in [6, 6.07) is 17.7. The summed E-state index contributed by atoms with van der Waals surface area (Å²) >= 11 is 0. The maximum absolute atomic E-state index is 10.5. The standard InChI is InChI=1S/C20H17BN2O4/c1-12-5-6-14-11-15(7-9-17(14)22-12)20(24)27-18-10-8-13-3-2-4-16(21(25)26)19(13)23-18/h2-11,20,24-26H,1H3. The molecule has 4 rings (SSSR count). The lowest BCUT2D eigenvalue weighted by Crippen LogP contribution is -2.30. The lowest BCUT2D eigenvalue weighted by molar-refractivity contribution is -0.0223. The van der Waals surface area contributed by atoms with Crippen LogP contribution in [-0.2, 0) is 0 Å². The number of aliphatic hydroxyl groups excluding tert-OH is 1. The average molecular weight is 360 g/mol. The molecule has 1 unspecified atom stereocenters. The van der Waals surface area contributed by atoms with Crippen LogP contribution in [0.3, 0.4) is 0 Å². The third-order valence-corrected chi connectivity index (χ3v) is 4.37. The van der Waals surface area contributed by atoms with Crippen LogP contribution in [0.25, 0.3) is 21.8 Å². The number of rotatable bonds is 4. The predicted octanol–water partition coefficient (Wildman–Crippen LogP) is 1.84. The molecule has 0 fully saturated rings. The number of pyridine rings is 2. The Labute approximate surface area is 155 Å². The molecule has 2 aromatic heterocycles. The highest BCUT2D eigenvalue weighted by Gasteiger charge is 2.17. The van der Waals surface area contributed by atoms with Gasteiger partial charge in [-0.3, -0.25) is 4.98 Å². The highest BCUT2D eigenvalue weighted by molar-refractivity contribution is 6.61. The van der Waals surface area contributed by atoms with Gasteiger partial charge >= 0.3 is 7.12 Å². The van der Waals surface area contributed by atoms with E-state index in [-0.39, 0.29) is 11.3 Å². The number of para-hydroxylation sites is 1. The number of hydrogen-bond acceptors (Lipinski definition) is 6. The molecule has 0 radical (unpaired) electrons. The van der Waals surface area contributed by atoms with E-state index in [1.54, 1.807) is 30.3 Å². The zero-order valence-electron chi connectivity index (χ0n) is 14.6. The van der Waals surface area contributed by atoms with Crippen LogP contribution in [0.15, 0.2) is 60.7 Å². The first-order valence-electron chi connectivity index (χ1n) is 8.49. The molecule has 0 spiro atoms. The molecule has 2 aromatic carbocycles. The van der Waals surface area contributed by atoms with E-state index in [0.717, 1.165) is 22.0 Å². The Morgan fingerprint density at radius 3 is 2.56 bits per heavy atom. The van der Waals surface area contributed by atoms with E-state index in [2.05, 4.69) is 9.97 Å². The molecular formula is C20H17BN2O4. The van der Waals surface area contributed by atoms with Crippen molar-refractivity contribution in [3.05, 3.63) is 71.9 Å². The Hall–Kier alpha value is -3.00. The third-order valence-electron chi connectivity index (χ3n) is 4.37. The summed E-state index contributed by atoms with van der Waals surface area (Å²) in [5.41, 5.74) is 3.03. The van der Waals surface area contributed by atoms with Gasteiger partial charge in [-0.15, -0.1) is 0 Å². The molecule has 0 aliphatic heterocycles. The Morgan fingerprint density at radius 2 is 1.74 bits per heavy atom. The lowest BCUT2D eigenvalue weighted by atomic mass is 9.79. The van der Waals surface area contributed by atoms with Gasteiger partial charge in [0.05, 0.1) is 11.0 Å². The second kappa shape index (κ2) is 6.96. The number of nitrogens with zero attached hydrogens (tertiary/aromatic N) is 2. The summed E-state index contributed by atoms with van der Waals surface area (Å²) in [7, 11) is -1.64. The van der Waals surface area contributed by atoms with E-state index in [9.17, 15) is 15.2 Å². The predicted molar refractivity (Wildman–Crippen MR) is 104 cm³/mol. The van der Waals surface area contributed by atoms with Crippen molar-refractivity contribution < 1.29 is 19.9 Å². The summed E-state index contributed by atoms with van der Waals surface area (Å²) in [5, 5.41) is 31.1. The Morgan fingerprint density at radius 1 is 0.926 bits per heavy atom. The van der Waals surface area contributed by atoms with Crippen molar-refractivity contribution in [1.82, 2.24) is 9.97 Å². The molecule has 7 heteroatoms. The second-order valence-corrected chi connectivity index (χ2v) is 6.32. The number of hydrogen-bond donors (Lipinski definition) is 3. The van der Waals surface area contributed by atoms with Crippen LogP contribution in [0.4, 0.5) is 0 Å². The van der Waals surface area contributed by atoms with E-state index < -0.39 is 13.4 Å². The number of benzene rings is 2. The maximum atomic E-state index is 10.5. The maximum Gasteiger partial charge on any atom is 0.490 e. The average Bonchev–Trinajstić information content (AvgIpc) is 2.66. The van der Waals surface area contributed by atoms with Crippen LogP contribution in [0.5, 0.6) is 5.88 Å². The monoisotopic (exact) mass is 360 g/mol. The van der Waals surface area contributed by atoms with Crippen LogP contribution in [0.1, 0.15) is 17.5 Å². The van der Waals surface area contributed by atoms with Crippen molar-refractivity contribution in [3.8, 4) is 5.88 Å². The quantitative estimate of drug-likeness (QED) is 0.380. The minimum absolute atomic E-state index is 0.185. The van der Waals surface area contributed by atoms with Crippen molar-refractivity contribution >= 4 is 34.4 Å². The first kappa shape index (κ1) is 17.4. The molecule has 0 saturated carbocycles. The van der Waals surface area contributed by atoms with Gasteiger partial charge in [0.15, 0.2) is 0 Å². The van der Waals surface area contributed by atoms with Gasteiger partial charge in [0.1, 0.15) is 0 Å². The van der Waals surface area contributed by atoms with Crippen LogP contribution in [0.2, 0.25) is 0 Å². The molecule has 0 aliphatic rings. The van der Waals surface area contributed by atoms with E-state index in [0.29, 0.717) is 11.1 Å². The first-order chi connectivity index (χ1) is 13.0. The number of aryl methyl sites for hydroxylation is 1. The minimum atomic E-state index is -1.64. The molecule has 0 saturated heterocycles. The largest absolute Gasteiger partial charge is 0.490 e. The van der Waals surface area contributed by atoms with Crippen LogP contribution in [0, 0.1) is 6.92 Å². The van der Waals surface area contributed by atoms with Gasteiger partial charge in [-0.2, -0.15) is 0 Å². The summed E-state index contributed by atoms with van der Waals surface area (Å²) in [5.74, 6) is 0.185. The third kappa shape index (κ3) is 3.48. The van der Waals surface area contributed by atoms with Crippen LogP contribution < -0.4 is 10.2 Å². The van der Waals surface area contributed by atoms with Crippen molar-refractivity contribution in [2.45, 2.75) is 13.2 Å². The van der Waals surface area contributed by atoms with Crippen LogP contribution >= 0.6 is 0 Å². The van der Waals surface area contributed by atoms with E-state index >= 15 is 0 Å². The fourth-order valence-electron chi connectivity index (χ4n) is 3.01. The molecule has 134 valence electrons. The van der Waals surface area contributed by atoms with Crippen molar-refractivity contribution in [2.75, 3.05) is 0 Å². The molecule has 0 aliphatic carbocycles. The summed E-state index contributed by atoms with van der Waals surface area (Å²) < 4.78 is 5.58. The molecular weight excluding hydrogens is 343 g/mol. The van der Waals surface area contributed by atoms with Gasteiger partial charge in [0.2, 0.25) is 12.2 Å². The SMILES string of the molecule is Cc1ccc2cc(C(O)Oc3ccc4cccc(B(O)O)c4n3)ccc2n1. The number of aromatic nitrogens is 2. The van der Waals surface area contributed by atoms with Gasteiger partial charge in [-0.05, 0) is 31.2 Å². The minimum Gasteiger partial charge on any atom is -0.444 e. The fraction of sp³-hybridized carbons (Fsp3) is 0.100.